The summed E-state index contributed by atoms with van der Waals surface area (Å²) >= 11 is 3.36. The van der Waals surface area contributed by atoms with Crippen LogP contribution in [0.4, 0.5) is 5.69 Å². The molecule has 0 atom stereocenters. The molecule has 0 radical (unpaired) electrons. The van der Waals surface area contributed by atoms with Crippen molar-refractivity contribution in [1.29, 1.82) is 0 Å². The quantitative estimate of drug-likeness (QED) is 0.838. The maximum atomic E-state index is 12.4. The van der Waals surface area contributed by atoms with E-state index in [1.54, 1.807) is 13.1 Å². The standard InChI is InChI=1S/C15H20BrN3O3/c1-19(14(21)15(17)6-8-22-9-7-15)10-13(20)18-12-5-3-2-4-11(12)16/h2-5H,6-10,17H2,1H3,(H,18,20). The molecule has 1 fully saturated rings. The molecular weight excluding hydrogens is 350 g/mol. The van der Waals surface area contributed by atoms with Crippen LogP contribution < -0.4 is 11.1 Å². The molecule has 0 aliphatic carbocycles. The number of benzene rings is 1. The van der Waals surface area contributed by atoms with Gasteiger partial charge in [-0.05, 0) is 40.9 Å². The number of ether oxygens (including phenoxy) is 1. The van der Waals surface area contributed by atoms with Crippen LogP contribution in [0.2, 0.25) is 0 Å². The lowest BCUT2D eigenvalue weighted by Gasteiger charge is -2.35. The third kappa shape index (κ3) is 4.06. The fraction of sp³-hybridized carbons (Fsp3) is 0.467. The lowest BCUT2D eigenvalue weighted by Crippen LogP contribution is -2.58. The van der Waals surface area contributed by atoms with Crippen LogP contribution in [0, 0.1) is 0 Å². The highest BCUT2D eigenvalue weighted by Gasteiger charge is 2.38. The molecule has 1 aromatic carbocycles. The molecule has 3 N–H and O–H groups in total. The summed E-state index contributed by atoms with van der Waals surface area (Å²) in [7, 11) is 1.59. The van der Waals surface area contributed by atoms with Gasteiger partial charge in [-0.1, -0.05) is 12.1 Å². The van der Waals surface area contributed by atoms with Gasteiger partial charge in [0.15, 0.2) is 0 Å². The number of rotatable bonds is 4. The summed E-state index contributed by atoms with van der Waals surface area (Å²) in [5.41, 5.74) is 5.88. The molecule has 0 aromatic heterocycles. The van der Waals surface area contributed by atoms with Crippen LogP contribution in [0.25, 0.3) is 0 Å². The van der Waals surface area contributed by atoms with Crippen molar-refractivity contribution < 1.29 is 14.3 Å². The number of anilines is 1. The van der Waals surface area contributed by atoms with Crippen molar-refractivity contribution in [2.75, 3.05) is 32.1 Å². The second kappa shape index (κ2) is 7.21. The number of hydrogen-bond donors (Lipinski definition) is 2. The highest BCUT2D eigenvalue weighted by atomic mass is 79.9. The van der Waals surface area contributed by atoms with Gasteiger partial charge >= 0.3 is 0 Å². The van der Waals surface area contributed by atoms with E-state index >= 15 is 0 Å². The van der Waals surface area contributed by atoms with Crippen molar-refractivity contribution in [3.8, 4) is 0 Å². The zero-order valence-corrected chi connectivity index (χ0v) is 14.1. The molecule has 1 aliphatic rings. The summed E-state index contributed by atoms with van der Waals surface area (Å²) < 4.78 is 6.02. The van der Waals surface area contributed by atoms with Crippen LogP contribution in [-0.2, 0) is 14.3 Å². The normalized spacial score (nSPS) is 16.9. The molecule has 7 heteroatoms. The molecule has 6 nitrogen and oxygen atoms in total. The van der Waals surface area contributed by atoms with E-state index < -0.39 is 5.54 Å². The van der Waals surface area contributed by atoms with Crippen LogP contribution in [0.5, 0.6) is 0 Å². The van der Waals surface area contributed by atoms with E-state index in [-0.39, 0.29) is 18.4 Å². The second-order valence-corrected chi connectivity index (χ2v) is 6.31. The lowest BCUT2D eigenvalue weighted by molar-refractivity contribution is -0.141. The Morgan fingerprint density at radius 1 is 1.36 bits per heavy atom. The number of carbonyl (C=O) groups is 2. The van der Waals surface area contributed by atoms with E-state index in [0.717, 1.165) is 4.47 Å². The topological polar surface area (TPSA) is 84.7 Å². The molecule has 2 rings (SSSR count). The summed E-state index contributed by atoms with van der Waals surface area (Å²) in [5.74, 6) is -0.489. The molecule has 1 heterocycles. The Balaban J connectivity index is 1.93. The molecule has 1 saturated heterocycles. The first-order valence-corrected chi connectivity index (χ1v) is 7.88. The van der Waals surface area contributed by atoms with Crippen molar-refractivity contribution in [1.82, 2.24) is 4.90 Å². The third-order valence-electron chi connectivity index (χ3n) is 3.69. The Bertz CT molecular complexity index is 559. The van der Waals surface area contributed by atoms with E-state index in [4.69, 9.17) is 10.5 Å². The summed E-state index contributed by atoms with van der Waals surface area (Å²) in [4.78, 5) is 25.9. The van der Waals surface area contributed by atoms with Gasteiger partial charge in [-0.15, -0.1) is 0 Å². The van der Waals surface area contributed by atoms with Crippen LogP contribution >= 0.6 is 15.9 Å². The fourth-order valence-electron chi connectivity index (χ4n) is 2.37. The highest BCUT2D eigenvalue weighted by molar-refractivity contribution is 9.10. The predicted molar refractivity (Wildman–Crippen MR) is 87.4 cm³/mol. The first kappa shape index (κ1) is 16.9. The van der Waals surface area contributed by atoms with Gasteiger partial charge < -0.3 is 20.7 Å². The van der Waals surface area contributed by atoms with E-state index in [0.29, 0.717) is 31.7 Å². The van der Waals surface area contributed by atoms with Crippen molar-refractivity contribution in [2.45, 2.75) is 18.4 Å². The minimum absolute atomic E-state index is 0.0417. The molecule has 120 valence electrons. The van der Waals surface area contributed by atoms with Crippen molar-refractivity contribution in [3.05, 3.63) is 28.7 Å². The van der Waals surface area contributed by atoms with E-state index in [2.05, 4.69) is 21.2 Å². The van der Waals surface area contributed by atoms with Gasteiger partial charge in [-0.25, -0.2) is 0 Å². The number of nitrogens with one attached hydrogen (secondary N) is 1. The summed E-state index contributed by atoms with van der Waals surface area (Å²) in [6.07, 6.45) is 0.948. The van der Waals surface area contributed by atoms with Gasteiger partial charge in [-0.2, -0.15) is 0 Å². The maximum Gasteiger partial charge on any atom is 0.244 e. The van der Waals surface area contributed by atoms with Gasteiger partial charge in [0.1, 0.15) is 0 Å². The number of hydrogen-bond acceptors (Lipinski definition) is 4. The molecular formula is C15H20BrN3O3. The molecule has 1 aliphatic heterocycles. The van der Waals surface area contributed by atoms with Gasteiger partial charge in [0.25, 0.3) is 0 Å². The second-order valence-electron chi connectivity index (χ2n) is 5.46. The zero-order valence-electron chi connectivity index (χ0n) is 12.5. The number of halogens is 1. The summed E-state index contributed by atoms with van der Waals surface area (Å²) in [6, 6.07) is 7.30. The average Bonchev–Trinajstić information content (AvgIpc) is 2.49. The minimum Gasteiger partial charge on any atom is -0.381 e. The molecule has 22 heavy (non-hydrogen) atoms. The first-order valence-electron chi connectivity index (χ1n) is 7.09. The highest BCUT2D eigenvalue weighted by Crippen LogP contribution is 2.22. The lowest BCUT2D eigenvalue weighted by atomic mass is 9.90. The Morgan fingerprint density at radius 2 is 2.00 bits per heavy atom. The van der Waals surface area contributed by atoms with Gasteiger partial charge in [0, 0.05) is 24.7 Å². The van der Waals surface area contributed by atoms with Gasteiger partial charge in [0.05, 0.1) is 17.8 Å². The molecule has 2 amide bonds. The van der Waals surface area contributed by atoms with Gasteiger partial charge in [-0.3, -0.25) is 9.59 Å². The smallest absolute Gasteiger partial charge is 0.244 e. The number of likely N-dealkylation sites (N-methyl/N-ethyl adjacent to an activating group) is 1. The minimum atomic E-state index is -0.930. The van der Waals surface area contributed by atoms with Crippen LogP contribution in [0.1, 0.15) is 12.8 Å². The first-order chi connectivity index (χ1) is 10.4. The maximum absolute atomic E-state index is 12.4. The monoisotopic (exact) mass is 369 g/mol. The zero-order chi connectivity index (χ0) is 16.2. The number of para-hydroxylation sites is 1. The molecule has 0 bridgehead atoms. The number of amides is 2. The molecule has 0 spiro atoms. The van der Waals surface area contributed by atoms with Crippen molar-refractivity contribution >= 4 is 33.4 Å². The van der Waals surface area contributed by atoms with Crippen LogP contribution in [-0.4, -0.2) is 49.1 Å². The summed E-state index contributed by atoms with van der Waals surface area (Å²) in [5, 5.41) is 2.77. The number of carbonyl (C=O) groups excluding carboxylic acids is 2. The molecule has 1 aromatic rings. The average molecular weight is 370 g/mol. The SMILES string of the molecule is CN(CC(=O)Nc1ccccc1Br)C(=O)C1(N)CCOCC1. The van der Waals surface area contributed by atoms with Crippen molar-refractivity contribution in [2.24, 2.45) is 5.73 Å². The largest absolute Gasteiger partial charge is 0.381 e. The van der Waals surface area contributed by atoms with Crippen LogP contribution in [0.15, 0.2) is 28.7 Å². The Kier molecular flexibility index (Phi) is 5.55. The Morgan fingerprint density at radius 3 is 2.64 bits per heavy atom. The summed E-state index contributed by atoms with van der Waals surface area (Å²) in [6.45, 7) is 0.901. The number of nitrogens with zero attached hydrogens (tertiary/aromatic N) is 1. The Labute approximate surface area is 138 Å². The van der Waals surface area contributed by atoms with E-state index in [1.807, 2.05) is 18.2 Å². The third-order valence-corrected chi connectivity index (χ3v) is 4.38. The number of nitrogens with two attached hydrogens (primary N) is 1. The van der Waals surface area contributed by atoms with Crippen LogP contribution in [0.3, 0.4) is 0 Å². The van der Waals surface area contributed by atoms with Gasteiger partial charge in [0.2, 0.25) is 11.8 Å². The van der Waals surface area contributed by atoms with E-state index in [9.17, 15) is 9.59 Å². The molecule has 0 saturated carbocycles. The Hall–Kier alpha value is -1.44. The van der Waals surface area contributed by atoms with E-state index in [1.165, 1.54) is 4.90 Å². The predicted octanol–water partition coefficient (Wildman–Crippen LogP) is 1.35. The fourth-order valence-corrected chi connectivity index (χ4v) is 2.75. The molecule has 0 unspecified atom stereocenters. The van der Waals surface area contributed by atoms with Crippen molar-refractivity contribution in [3.63, 3.8) is 0 Å².